The van der Waals surface area contributed by atoms with Crippen molar-refractivity contribution >= 4 is 27.4 Å². The topological polar surface area (TPSA) is 37.3 Å². The summed E-state index contributed by atoms with van der Waals surface area (Å²) in [6.45, 7) is 6.21. The number of thiophene rings is 1. The molecule has 94 valence electrons. The van der Waals surface area contributed by atoms with Crippen molar-refractivity contribution in [2.45, 2.75) is 26.2 Å². The molecule has 0 amide bonds. The van der Waals surface area contributed by atoms with Gasteiger partial charge in [-0.05, 0) is 42.0 Å². The Kier molecular flexibility index (Phi) is 3.82. The molecule has 1 N–H and O–H groups in total. The van der Waals surface area contributed by atoms with E-state index < -0.39 is 5.97 Å². The Morgan fingerprint density at radius 1 is 1.39 bits per heavy atom. The lowest BCUT2D eigenvalue weighted by molar-refractivity contribution is 0.0702. The quantitative estimate of drug-likeness (QED) is 0.804. The van der Waals surface area contributed by atoms with E-state index in [1.54, 1.807) is 6.07 Å². The van der Waals surface area contributed by atoms with Gasteiger partial charge in [-0.2, -0.15) is 0 Å². The van der Waals surface area contributed by atoms with Crippen LogP contribution in [0.2, 0.25) is 0 Å². The zero-order valence-electron chi connectivity index (χ0n) is 10.4. The number of hydrogen-bond donors (Lipinski definition) is 1. The fourth-order valence-corrected chi connectivity index (χ4v) is 2.92. The first-order chi connectivity index (χ1) is 8.60. The molecule has 1 aromatic heterocycles. The second-order valence-electron chi connectivity index (χ2n) is 4.46. The van der Waals surface area contributed by atoms with Crippen LogP contribution in [0.1, 0.15) is 35.0 Å². The van der Waals surface area contributed by atoms with Gasteiger partial charge in [0.25, 0.3) is 0 Å². The molecule has 2 aromatic rings. The molecular formula is C15H16O2S. The van der Waals surface area contributed by atoms with E-state index in [2.05, 4.69) is 25.6 Å². The largest absolute Gasteiger partial charge is 0.477 e. The van der Waals surface area contributed by atoms with Crippen molar-refractivity contribution in [2.75, 3.05) is 0 Å². The minimum Gasteiger partial charge on any atom is -0.477 e. The van der Waals surface area contributed by atoms with Crippen molar-refractivity contribution in [2.24, 2.45) is 0 Å². The maximum absolute atomic E-state index is 10.9. The van der Waals surface area contributed by atoms with Crippen molar-refractivity contribution in [1.82, 2.24) is 0 Å². The molecule has 0 radical (unpaired) electrons. The van der Waals surface area contributed by atoms with Crippen LogP contribution in [0.5, 0.6) is 0 Å². The zero-order valence-corrected chi connectivity index (χ0v) is 11.2. The highest BCUT2D eigenvalue weighted by Gasteiger charge is 2.08. The number of carboxylic acid groups (broad SMARTS) is 1. The molecule has 0 fully saturated rings. The molecule has 2 rings (SSSR count). The molecule has 1 aromatic carbocycles. The number of aromatic carboxylic acids is 1. The summed E-state index contributed by atoms with van der Waals surface area (Å²) >= 11 is 1.32. The van der Waals surface area contributed by atoms with Gasteiger partial charge in [0.15, 0.2) is 0 Å². The van der Waals surface area contributed by atoms with Gasteiger partial charge in [-0.15, -0.1) is 11.3 Å². The van der Waals surface area contributed by atoms with Gasteiger partial charge in [0.05, 0.1) is 0 Å². The van der Waals surface area contributed by atoms with Gasteiger partial charge in [0.1, 0.15) is 4.88 Å². The highest BCUT2D eigenvalue weighted by atomic mass is 32.1. The average Bonchev–Trinajstić information content (AvgIpc) is 2.72. The number of benzene rings is 1. The highest BCUT2D eigenvalue weighted by molar-refractivity contribution is 7.20. The van der Waals surface area contributed by atoms with Crippen LogP contribution in [0.25, 0.3) is 10.1 Å². The molecule has 0 aliphatic heterocycles. The highest BCUT2D eigenvalue weighted by Crippen LogP contribution is 2.27. The van der Waals surface area contributed by atoms with E-state index in [-0.39, 0.29) is 0 Å². The number of rotatable bonds is 5. The van der Waals surface area contributed by atoms with Crippen LogP contribution in [0.3, 0.4) is 0 Å². The molecule has 0 aliphatic carbocycles. The van der Waals surface area contributed by atoms with Crippen LogP contribution < -0.4 is 0 Å². The lowest BCUT2D eigenvalue weighted by Gasteiger charge is -2.04. The van der Waals surface area contributed by atoms with Gasteiger partial charge >= 0.3 is 5.97 Å². The van der Waals surface area contributed by atoms with E-state index in [1.165, 1.54) is 22.5 Å². The molecule has 0 saturated carbocycles. The fourth-order valence-electron chi connectivity index (χ4n) is 2.04. The van der Waals surface area contributed by atoms with Gasteiger partial charge in [0.2, 0.25) is 0 Å². The average molecular weight is 260 g/mol. The second-order valence-corrected chi connectivity index (χ2v) is 5.55. The van der Waals surface area contributed by atoms with E-state index in [9.17, 15) is 4.79 Å². The summed E-state index contributed by atoms with van der Waals surface area (Å²) in [4.78, 5) is 11.3. The van der Waals surface area contributed by atoms with E-state index >= 15 is 0 Å². The standard InChI is InChI=1S/C15H16O2S/c1-3-4-10(2)7-11-5-6-13-12(8-11)9-14(18-13)15(16)17/h5-6,8-9H,2-4,7H2,1H3,(H,16,17). The number of carbonyl (C=O) groups is 1. The smallest absolute Gasteiger partial charge is 0.345 e. The second kappa shape index (κ2) is 5.36. The normalized spacial score (nSPS) is 10.7. The van der Waals surface area contributed by atoms with Crippen molar-refractivity contribution < 1.29 is 9.90 Å². The van der Waals surface area contributed by atoms with Gasteiger partial charge in [0, 0.05) is 4.70 Å². The van der Waals surface area contributed by atoms with Crippen molar-refractivity contribution in [3.8, 4) is 0 Å². The molecule has 18 heavy (non-hydrogen) atoms. The first-order valence-electron chi connectivity index (χ1n) is 6.02. The third-order valence-corrected chi connectivity index (χ3v) is 3.95. The number of carboxylic acids is 1. The third kappa shape index (κ3) is 2.79. The van der Waals surface area contributed by atoms with Crippen LogP contribution in [-0.4, -0.2) is 11.1 Å². The first-order valence-corrected chi connectivity index (χ1v) is 6.84. The van der Waals surface area contributed by atoms with Gasteiger partial charge in [-0.1, -0.05) is 31.6 Å². The van der Waals surface area contributed by atoms with Crippen molar-refractivity contribution in [3.63, 3.8) is 0 Å². The van der Waals surface area contributed by atoms with E-state index in [0.29, 0.717) is 4.88 Å². The zero-order chi connectivity index (χ0) is 13.1. The summed E-state index contributed by atoms with van der Waals surface area (Å²) in [5, 5.41) is 9.98. The maximum atomic E-state index is 10.9. The summed E-state index contributed by atoms with van der Waals surface area (Å²) in [5.41, 5.74) is 2.43. The predicted molar refractivity (Wildman–Crippen MR) is 76.5 cm³/mol. The first kappa shape index (κ1) is 12.8. The molecule has 0 spiro atoms. The molecule has 2 nitrogen and oxygen atoms in total. The van der Waals surface area contributed by atoms with Crippen LogP contribution >= 0.6 is 11.3 Å². The Hall–Kier alpha value is -1.61. The summed E-state index contributed by atoms with van der Waals surface area (Å²) in [6.07, 6.45) is 3.03. The van der Waals surface area contributed by atoms with E-state index in [0.717, 1.165) is 29.3 Å². The summed E-state index contributed by atoms with van der Waals surface area (Å²) in [7, 11) is 0. The lowest BCUT2D eigenvalue weighted by atomic mass is 10.0. The van der Waals surface area contributed by atoms with Crippen LogP contribution in [0, 0.1) is 0 Å². The summed E-state index contributed by atoms with van der Waals surface area (Å²) in [5.74, 6) is -0.854. The van der Waals surface area contributed by atoms with Gasteiger partial charge < -0.3 is 5.11 Å². The molecule has 0 aliphatic rings. The van der Waals surface area contributed by atoms with Crippen LogP contribution in [-0.2, 0) is 6.42 Å². The Labute approximate surface area is 111 Å². The van der Waals surface area contributed by atoms with Gasteiger partial charge in [-0.25, -0.2) is 4.79 Å². The van der Waals surface area contributed by atoms with Crippen LogP contribution in [0.4, 0.5) is 0 Å². The fraction of sp³-hybridized carbons (Fsp3) is 0.267. The molecule has 0 bridgehead atoms. The Bertz CT molecular complexity index is 596. The van der Waals surface area contributed by atoms with Crippen LogP contribution in [0.15, 0.2) is 36.4 Å². The molecular weight excluding hydrogens is 244 g/mol. The molecule has 0 atom stereocenters. The third-order valence-electron chi connectivity index (χ3n) is 2.85. The maximum Gasteiger partial charge on any atom is 0.345 e. The Morgan fingerprint density at radius 2 is 2.17 bits per heavy atom. The Balaban J connectivity index is 2.26. The molecule has 0 saturated heterocycles. The summed E-state index contributed by atoms with van der Waals surface area (Å²) in [6, 6.07) is 7.87. The molecule has 3 heteroatoms. The predicted octanol–water partition coefficient (Wildman–Crippen LogP) is 4.50. The number of allylic oxidation sites excluding steroid dienone is 1. The number of fused-ring (bicyclic) bond motifs is 1. The summed E-state index contributed by atoms with van der Waals surface area (Å²) < 4.78 is 1.03. The molecule has 0 unspecified atom stereocenters. The minimum atomic E-state index is -0.854. The van der Waals surface area contributed by atoms with Crippen molar-refractivity contribution in [1.29, 1.82) is 0 Å². The van der Waals surface area contributed by atoms with Gasteiger partial charge in [-0.3, -0.25) is 0 Å². The monoisotopic (exact) mass is 260 g/mol. The SMILES string of the molecule is C=C(CCC)Cc1ccc2sc(C(=O)O)cc2c1. The van der Waals surface area contributed by atoms with E-state index in [1.807, 2.05) is 6.07 Å². The number of hydrogen-bond acceptors (Lipinski definition) is 2. The minimum absolute atomic E-state index is 0.398. The van der Waals surface area contributed by atoms with Crippen molar-refractivity contribution in [3.05, 3.63) is 46.9 Å². The van der Waals surface area contributed by atoms with E-state index in [4.69, 9.17) is 5.11 Å². The Morgan fingerprint density at radius 3 is 2.83 bits per heavy atom. The lowest BCUT2D eigenvalue weighted by Crippen LogP contribution is -1.89. The molecule has 1 heterocycles.